The molecule has 0 spiro atoms. The molecule has 2 aromatic rings. The lowest BCUT2D eigenvalue weighted by Crippen LogP contribution is -2.00. The monoisotopic (exact) mass is 275 g/mol. The highest BCUT2D eigenvalue weighted by Gasteiger charge is 2.08. The predicted molar refractivity (Wildman–Crippen MR) is 80.5 cm³/mol. The van der Waals surface area contributed by atoms with Gasteiger partial charge in [0.2, 0.25) is 0 Å². The van der Waals surface area contributed by atoms with Crippen LogP contribution >= 0.6 is 11.8 Å². The van der Waals surface area contributed by atoms with E-state index in [0.717, 1.165) is 10.9 Å². The van der Waals surface area contributed by atoms with E-state index in [1.165, 1.54) is 11.1 Å². The normalized spacial score (nSPS) is 11.5. The molecule has 102 valence electrons. The number of hydrogen-bond acceptors (Lipinski definition) is 3. The summed E-state index contributed by atoms with van der Waals surface area (Å²) in [6, 6.07) is 9.25. The van der Waals surface area contributed by atoms with Crippen molar-refractivity contribution in [3.63, 3.8) is 0 Å². The van der Waals surface area contributed by atoms with Crippen LogP contribution < -0.4 is 0 Å². The highest BCUT2D eigenvalue weighted by molar-refractivity contribution is 7.98. The van der Waals surface area contributed by atoms with Gasteiger partial charge in [0, 0.05) is 11.8 Å². The molecule has 0 atom stereocenters. The Bertz CT molecular complexity index is 514. The van der Waals surface area contributed by atoms with E-state index in [-0.39, 0.29) is 0 Å². The first-order chi connectivity index (χ1) is 9.08. The first-order valence-corrected chi connectivity index (χ1v) is 7.67. The van der Waals surface area contributed by atoms with Crippen LogP contribution in [0.15, 0.2) is 35.7 Å². The second-order valence-electron chi connectivity index (χ2n) is 5.30. The molecule has 0 bridgehead atoms. The maximum Gasteiger partial charge on any atom is 0.191 e. The summed E-state index contributed by atoms with van der Waals surface area (Å²) in [5.74, 6) is 1.52. The molecule has 1 aromatic carbocycles. The largest absolute Gasteiger partial charge is 0.306 e. The van der Waals surface area contributed by atoms with E-state index in [0.29, 0.717) is 12.0 Å². The number of nitrogens with zero attached hydrogens (tertiary/aromatic N) is 3. The summed E-state index contributed by atoms with van der Waals surface area (Å²) in [6.45, 7) is 8.72. The average molecular weight is 275 g/mol. The Balaban J connectivity index is 2.00. The zero-order valence-electron chi connectivity index (χ0n) is 12.0. The molecule has 0 aliphatic heterocycles. The molecule has 0 radical (unpaired) electrons. The second kappa shape index (κ2) is 6.24. The molecule has 0 aliphatic rings. The van der Waals surface area contributed by atoms with Crippen LogP contribution in [0.5, 0.6) is 0 Å². The summed E-state index contributed by atoms with van der Waals surface area (Å²) in [7, 11) is 0. The van der Waals surface area contributed by atoms with E-state index in [2.05, 4.69) is 66.7 Å². The number of rotatable bonds is 5. The van der Waals surface area contributed by atoms with Crippen molar-refractivity contribution >= 4 is 11.8 Å². The molecule has 1 heterocycles. The number of hydrogen-bond donors (Lipinski definition) is 0. The summed E-state index contributed by atoms with van der Waals surface area (Å²) >= 11 is 1.74. The third kappa shape index (κ3) is 3.60. The zero-order chi connectivity index (χ0) is 13.8. The van der Waals surface area contributed by atoms with Gasteiger partial charge in [-0.05, 0) is 30.9 Å². The van der Waals surface area contributed by atoms with Crippen LogP contribution in [-0.4, -0.2) is 14.8 Å². The molecule has 19 heavy (non-hydrogen) atoms. The lowest BCUT2D eigenvalue weighted by molar-refractivity contribution is 0.549. The summed E-state index contributed by atoms with van der Waals surface area (Å²) in [5, 5.41) is 9.15. The highest BCUT2D eigenvalue weighted by atomic mass is 32.2. The SMILES string of the molecule is CC(C)c1ccc(CSc2nncn2C(C)C)cc1. The van der Waals surface area contributed by atoms with Crippen LogP contribution in [0.1, 0.15) is 50.8 Å². The van der Waals surface area contributed by atoms with E-state index >= 15 is 0 Å². The first kappa shape index (κ1) is 14.1. The van der Waals surface area contributed by atoms with Gasteiger partial charge in [0.25, 0.3) is 0 Å². The minimum atomic E-state index is 0.404. The molecule has 0 unspecified atom stereocenters. The first-order valence-electron chi connectivity index (χ1n) is 6.69. The van der Waals surface area contributed by atoms with Gasteiger partial charge in [0.1, 0.15) is 6.33 Å². The third-order valence-electron chi connectivity index (χ3n) is 3.11. The van der Waals surface area contributed by atoms with Gasteiger partial charge in [-0.3, -0.25) is 0 Å². The minimum absolute atomic E-state index is 0.404. The molecule has 1 aromatic heterocycles. The van der Waals surface area contributed by atoms with Crippen LogP contribution in [0.25, 0.3) is 0 Å². The van der Waals surface area contributed by atoms with Gasteiger partial charge < -0.3 is 4.57 Å². The standard InChI is InChI=1S/C15H21N3S/c1-11(2)14-7-5-13(6-8-14)9-19-15-17-16-10-18(15)12(3)4/h5-8,10-12H,9H2,1-4H3. The summed E-state index contributed by atoms with van der Waals surface area (Å²) in [5.41, 5.74) is 2.71. The Morgan fingerprint density at radius 2 is 1.79 bits per heavy atom. The molecule has 0 saturated carbocycles. The Hall–Kier alpha value is -1.29. The molecule has 0 N–H and O–H groups in total. The van der Waals surface area contributed by atoms with Crippen molar-refractivity contribution in [2.75, 3.05) is 0 Å². The number of aromatic nitrogens is 3. The van der Waals surface area contributed by atoms with Crippen molar-refractivity contribution in [1.82, 2.24) is 14.8 Å². The smallest absolute Gasteiger partial charge is 0.191 e. The van der Waals surface area contributed by atoms with Gasteiger partial charge in [-0.25, -0.2) is 0 Å². The van der Waals surface area contributed by atoms with Crippen LogP contribution in [-0.2, 0) is 5.75 Å². The Kier molecular flexibility index (Phi) is 4.64. The van der Waals surface area contributed by atoms with Crippen LogP contribution in [0.2, 0.25) is 0 Å². The summed E-state index contributed by atoms with van der Waals surface area (Å²) in [4.78, 5) is 0. The Morgan fingerprint density at radius 1 is 1.11 bits per heavy atom. The fraction of sp³-hybridized carbons (Fsp3) is 0.467. The maximum atomic E-state index is 4.17. The van der Waals surface area contributed by atoms with E-state index in [1.54, 1.807) is 18.1 Å². The molecule has 0 fully saturated rings. The van der Waals surface area contributed by atoms with E-state index in [4.69, 9.17) is 0 Å². The molecule has 4 heteroatoms. The number of benzene rings is 1. The molecule has 2 rings (SSSR count). The van der Waals surface area contributed by atoms with Crippen molar-refractivity contribution < 1.29 is 0 Å². The molecular weight excluding hydrogens is 254 g/mol. The maximum absolute atomic E-state index is 4.17. The molecule has 0 aliphatic carbocycles. The topological polar surface area (TPSA) is 30.7 Å². The van der Waals surface area contributed by atoms with Gasteiger partial charge in [-0.15, -0.1) is 10.2 Å². The highest BCUT2D eigenvalue weighted by Crippen LogP contribution is 2.24. The van der Waals surface area contributed by atoms with Crippen LogP contribution in [0.3, 0.4) is 0 Å². The van der Waals surface area contributed by atoms with Gasteiger partial charge in [-0.2, -0.15) is 0 Å². The van der Waals surface area contributed by atoms with Crippen molar-refractivity contribution in [2.45, 2.75) is 50.6 Å². The lowest BCUT2D eigenvalue weighted by atomic mass is 10.0. The Labute approximate surface area is 119 Å². The van der Waals surface area contributed by atoms with Gasteiger partial charge in [0.15, 0.2) is 5.16 Å². The zero-order valence-corrected chi connectivity index (χ0v) is 12.8. The van der Waals surface area contributed by atoms with Crippen molar-refractivity contribution in [3.05, 3.63) is 41.7 Å². The predicted octanol–water partition coefficient (Wildman–Crippen LogP) is 4.27. The van der Waals surface area contributed by atoms with E-state index in [9.17, 15) is 0 Å². The van der Waals surface area contributed by atoms with Crippen LogP contribution in [0, 0.1) is 0 Å². The lowest BCUT2D eigenvalue weighted by Gasteiger charge is -2.10. The van der Waals surface area contributed by atoms with Crippen LogP contribution in [0.4, 0.5) is 0 Å². The number of thioether (sulfide) groups is 1. The van der Waals surface area contributed by atoms with E-state index in [1.807, 2.05) is 0 Å². The quantitative estimate of drug-likeness (QED) is 0.763. The molecule has 0 amide bonds. The fourth-order valence-corrected chi connectivity index (χ4v) is 2.84. The van der Waals surface area contributed by atoms with Crippen molar-refractivity contribution in [1.29, 1.82) is 0 Å². The fourth-order valence-electron chi connectivity index (χ4n) is 1.84. The minimum Gasteiger partial charge on any atom is -0.306 e. The third-order valence-corrected chi connectivity index (χ3v) is 4.14. The van der Waals surface area contributed by atoms with Crippen molar-refractivity contribution in [3.8, 4) is 0 Å². The molecular formula is C15H21N3S. The average Bonchev–Trinajstić information content (AvgIpc) is 2.85. The molecule has 0 saturated heterocycles. The van der Waals surface area contributed by atoms with Gasteiger partial charge in [0.05, 0.1) is 0 Å². The Morgan fingerprint density at radius 3 is 2.37 bits per heavy atom. The van der Waals surface area contributed by atoms with Crippen molar-refractivity contribution in [2.24, 2.45) is 0 Å². The summed E-state index contributed by atoms with van der Waals surface area (Å²) in [6.07, 6.45) is 1.80. The summed E-state index contributed by atoms with van der Waals surface area (Å²) < 4.78 is 2.10. The second-order valence-corrected chi connectivity index (χ2v) is 6.24. The van der Waals surface area contributed by atoms with Gasteiger partial charge in [-0.1, -0.05) is 49.9 Å². The van der Waals surface area contributed by atoms with Gasteiger partial charge >= 0.3 is 0 Å². The molecule has 3 nitrogen and oxygen atoms in total. The van der Waals surface area contributed by atoms with E-state index < -0.39 is 0 Å².